The first-order valence-electron chi connectivity index (χ1n) is 4.82. The average Bonchev–Trinajstić information content (AvgIpc) is 2.33. The Labute approximate surface area is 102 Å². The Morgan fingerprint density at radius 2 is 1.76 bits per heavy atom. The van der Waals surface area contributed by atoms with E-state index < -0.39 is 17.7 Å². The molecule has 0 bridgehead atoms. The first kappa shape index (κ1) is 12.0. The zero-order valence-corrected chi connectivity index (χ0v) is 9.33. The number of aliphatic hydroxyl groups excluding tert-OH is 1. The van der Waals surface area contributed by atoms with Crippen LogP contribution in [0.25, 0.3) is 0 Å². The van der Waals surface area contributed by atoms with Gasteiger partial charge < -0.3 is 5.11 Å². The Balaban J connectivity index is 2.33. The van der Waals surface area contributed by atoms with E-state index in [-0.39, 0.29) is 5.56 Å². The molecule has 0 saturated heterocycles. The van der Waals surface area contributed by atoms with Crippen molar-refractivity contribution in [1.82, 2.24) is 4.98 Å². The quantitative estimate of drug-likeness (QED) is 0.837. The van der Waals surface area contributed by atoms with Crippen molar-refractivity contribution in [3.05, 3.63) is 64.4 Å². The summed E-state index contributed by atoms with van der Waals surface area (Å²) in [5, 5.41) is 10.2. The van der Waals surface area contributed by atoms with Gasteiger partial charge in [0, 0.05) is 11.8 Å². The Hall–Kier alpha value is -1.52. The van der Waals surface area contributed by atoms with Crippen LogP contribution in [-0.2, 0) is 0 Å². The van der Waals surface area contributed by atoms with Crippen LogP contribution in [0, 0.1) is 11.6 Å². The van der Waals surface area contributed by atoms with Gasteiger partial charge >= 0.3 is 0 Å². The lowest BCUT2D eigenvalue weighted by molar-refractivity contribution is 0.219. The predicted molar refractivity (Wildman–Crippen MR) is 59.7 cm³/mol. The minimum atomic E-state index is -1.06. The SMILES string of the molecule is OC(c1ccc(Cl)nc1)c1ccc(F)c(F)c1. The zero-order valence-electron chi connectivity index (χ0n) is 8.57. The van der Waals surface area contributed by atoms with Crippen molar-refractivity contribution in [2.75, 3.05) is 0 Å². The third-order valence-corrected chi connectivity index (χ3v) is 2.55. The molecule has 2 aromatic rings. The molecule has 0 aliphatic carbocycles. The maximum absolute atomic E-state index is 13.0. The number of halogens is 3. The standard InChI is InChI=1S/C12H8ClF2NO/c13-11-4-2-8(6-16-11)12(17)7-1-3-9(14)10(15)5-7/h1-6,12,17H. The lowest BCUT2D eigenvalue weighted by atomic mass is 10.0. The summed E-state index contributed by atoms with van der Waals surface area (Å²) in [6.45, 7) is 0. The molecular weight excluding hydrogens is 248 g/mol. The third-order valence-electron chi connectivity index (χ3n) is 2.33. The van der Waals surface area contributed by atoms with Crippen molar-refractivity contribution in [1.29, 1.82) is 0 Å². The number of hydrogen-bond acceptors (Lipinski definition) is 2. The van der Waals surface area contributed by atoms with E-state index in [2.05, 4.69) is 4.98 Å². The lowest BCUT2D eigenvalue weighted by Crippen LogP contribution is -2.01. The van der Waals surface area contributed by atoms with Crippen molar-refractivity contribution < 1.29 is 13.9 Å². The van der Waals surface area contributed by atoms with Gasteiger partial charge in [-0.25, -0.2) is 13.8 Å². The molecule has 0 radical (unpaired) electrons. The summed E-state index contributed by atoms with van der Waals surface area (Å²) in [4.78, 5) is 3.80. The molecule has 0 fully saturated rings. The molecule has 0 spiro atoms. The summed E-state index contributed by atoms with van der Waals surface area (Å²) >= 11 is 5.61. The summed E-state index contributed by atoms with van der Waals surface area (Å²) in [5.74, 6) is -1.95. The summed E-state index contributed by atoms with van der Waals surface area (Å²) in [5.41, 5.74) is 0.716. The molecule has 17 heavy (non-hydrogen) atoms. The van der Waals surface area contributed by atoms with E-state index in [1.165, 1.54) is 18.3 Å². The molecule has 0 aliphatic heterocycles. The van der Waals surface area contributed by atoms with Crippen LogP contribution in [0.1, 0.15) is 17.2 Å². The fraction of sp³-hybridized carbons (Fsp3) is 0.0833. The number of pyridine rings is 1. The van der Waals surface area contributed by atoms with Gasteiger partial charge in [0.2, 0.25) is 0 Å². The number of aliphatic hydroxyl groups is 1. The van der Waals surface area contributed by atoms with Crippen molar-refractivity contribution >= 4 is 11.6 Å². The average molecular weight is 256 g/mol. The van der Waals surface area contributed by atoms with Crippen LogP contribution in [0.2, 0.25) is 5.15 Å². The molecule has 1 atom stereocenters. The largest absolute Gasteiger partial charge is 0.384 e. The Bertz CT molecular complexity index is 531. The molecule has 1 N–H and O–H groups in total. The van der Waals surface area contributed by atoms with E-state index in [1.807, 2.05) is 0 Å². The monoisotopic (exact) mass is 255 g/mol. The van der Waals surface area contributed by atoms with Gasteiger partial charge in [-0.1, -0.05) is 23.7 Å². The Kier molecular flexibility index (Phi) is 3.36. The van der Waals surface area contributed by atoms with Crippen molar-refractivity contribution in [3.63, 3.8) is 0 Å². The second kappa shape index (κ2) is 4.77. The fourth-order valence-electron chi connectivity index (χ4n) is 1.42. The number of aromatic nitrogens is 1. The molecular formula is C12H8ClF2NO. The smallest absolute Gasteiger partial charge is 0.159 e. The fourth-order valence-corrected chi connectivity index (χ4v) is 1.54. The van der Waals surface area contributed by atoms with Crippen LogP contribution in [0.15, 0.2) is 36.5 Å². The maximum atomic E-state index is 13.0. The van der Waals surface area contributed by atoms with Crippen LogP contribution in [0.3, 0.4) is 0 Å². The molecule has 1 aromatic heterocycles. The molecule has 88 valence electrons. The van der Waals surface area contributed by atoms with Gasteiger partial charge in [0.15, 0.2) is 11.6 Å². The first-order chi connectivity index (χ1) is 8.08. The lowest BCUT2D eigenvalue weighted by Gasteiger charge is -2.11. The van der Waals surface area contributed by atoms with Crippen molar-refractivity contribution in [3.8, 4) is 0 Å². The highest BCUT2D eigenvalue weighted by Gasteiger charge is 2.13. The van der Waals surface area contributed by atoms with E-state index in [4.69, 9.17) is 11.6 Å². The van der Waals surface area contributed by atoms with Crippen LogP contribution in [-0.4, -0.2) is 10.1 Å². The second-order valence-corrected chi connectivity index (χ2v) is 3.88. The molecule has 1 unspecified atom stereocenters. The highest BCUT2D eigenvalue weighted by molar-refractivity contribution is 6.29. The minimum Gasteiger partial charge on any atom is -0.384 e. The van der Waals surface area contributed by atoms with Crippen LogP contribution < -0.4 is 0 Å². The summed E-state index contributed by atoms with van der Waals surface area (Å²) in [7, 11) is 0. The predicted octanol–water partition coefficient (Wildman–Crippen LogP) is 3.09. The molecule has 1 heterocycles. The van der Waals surface area contributed by atoms with Gasteiger partial charge in [-0.3, -0.25) is 0 Å². The highest BCUT2D eigenvalue weighted by Crippen LogP contribution is 2.23. The molecule has 2 rings (SSSR count). The molecule has 1 aromatic carbocycles. The Morgan fingerprint density at radius 1 is 1.06 bits per heavy atom. The van der Waals surface area contributed by atoms with Gasteiger partial charge in [-0.05, 0) is 23.8 Å². The van der Waals surface area contributed by atoms with Crippen LogP contribution >= 0.6 is 11.6 Å². The molecule has 0 saturated carbocycles. The summed E-state index contributed by atoms with van der Waals surface area (Å²) < 4.78 is 25.7. The minimum absolute atomic E-state index is 0.257. The van der Waals surface area contributed by atoms with Gasteiger partial charge in [-0.2, -0.15) is 0 Å². The molecule has 5 heteroatoms. The van der Waals surface area contributed by atoms with E-state index >= 15 is 0 Å². The summed E-state index contributed by atoms with van der Waals surface area (Å²) in [6, 6.07) is 6.32. The molecule has 0 amide bonds. The van der Waals surface area contributed by atoms with Crippen molar-refractivity contribution in [2.45, 2.75) is 6.10 Å². The van der Waals surface area contributed by atoms with E-state index in [0.717, 1.165) is 12.1 Å². The van der Waals surface area contributed by atoms with Gasteiger partial charge in [0.25, 0.3) is 0 Å². The van der Waals surface area contributed by atoms with E-state index in [9.17, 15) is 13.9 Å². The topological polar surface area (TPSA) is 33.1 Å². The van der Waals surface area contributed by atoms with Gasteiger partial charge in [0.05, 0.1) is 0 Å². The van der Waals surface area contributed by atoms with E-state index in [1.54, 1.807) is 6.07 Å². The normalized spacial score (nSPS) is 12.5. The number of hydrogen-bond donors (Lipinski definition) is 1. The van der Waals surface area contributed by atoms with Crippen molar-refractivity contribution in [2.24, 2.45) is 0 Å². The van der Waals surface area contributed by atoms with E-state index in [0.29, 0.717) is 10.7 Å². The third kappa shape index (κ3) is 2.60. The van der Waals surface area contributed by atoms with Gasteiger partial charge in [0.1, 0.15) is 11.3 Å². The maximum Gasteiger partial charge on any atom is 0.159 e. The number of nitrogens with zero attached hydrogens (tertiary/aromatic N) is 1. The highest BCUT2D eigenvalue weighted by atomic mass is 35.5. The Morgan fingerprint density at radius 3 is 2.35 bits per heavy atom. The van der Waals surface area contributed by atoms with Crippen LogP contribution in [0.4, 0.5) is 8.78 Å². The number of rotatable bonds is 2. The second-order valence-electron chi connectivity index (χ2n) is 3.49. The van der Waals surface area contributed by atoms with Gasteiger partial charge in [-0.15, -0.1) is 0 Å². The first-order valence-corrected chi connectivity index (χ1v) is 5.20. The summed E-state index contributed by atoms with van der Waals surface area (Å²) in [6.07, 6.45) is 0.323. The number of benzene rings is 1. The zero-order chi connectivity index (χ0) is 12.4. The molecule has 0 aliphatic rings. The molecule has 2 nitrogen and oxygen atoms in total. The van der Waals surface area contributed by atoms with Crippen LogP contribution in [0.5, 0.6) is 0 Å².